The lowest BCUT2D eigenvalue weighted by atomic mass is 10.0. The third kappa shape index (κ3) is 4.46. The van der Waals surface area contributed by atoms with Crippen molar-refractivity contribution in [2.24, 2.45) is 5.10 Å². The number of nitrogens with zero attached hydrogens (tertiary/aromatic N) is 6. The number of tetrazole rings is 1. The first-order chi connectivity index (χ1) is 15.7. The second-order valence-corrected chi connectivity index (χ2v) is 8.90. The van der Waals surface area contributed by atoms with Crippen molar-refractivity contribution in [3.63, 3.8) is 0 Å². The lowest BCUT2D eigenvalue weighted by Gasteiger charge is -2.19. The van der Waals surface area contributed by atoms with Crippen molar-refractivity contribution < 1.29 is 13.9 Å². The number of hydrogen-bond donors (Lipinski definition) is 0. The molecule has 2 aliphatic rings. The molecule has 0 aliphatic carbocycles. The molecule has 166 valence electrons. The summed E-state index contributed by atoms with van der Waals surface area (Å²) in [6.45, 7) is 3.42. The molecule has 10 heteroatoms. The SMILES string of the molecule is Cc1ccc(C2=NN(C(=O)CSc3nnnn3C[C@H]3CCCO3)[C@@H](c3ccco3)C2)cc1. The predicted octanol–water partition coefficient (Wildman–Crippen LogP) is 3.22. The molecule has 4 heterocycles. The van der Waals surface area contributed by atoms with Gasteiger partial charge in [0, 0.05) is 13.0 Å². The van der Waals surface area contributed by atoms with Crippen molar-refractivity contribution in [2.75, 3.05) is 12.4 Å². The van der Waals surface area contributed by atoms with Crippen LogP contribution in [0.4, 0.5) is 0 Å². The minimum absolute atomic E-state index is 0.120. The lowest BCUT2D eigenvalue weighted by Crippen LogP contribution is -2.28. The Morgan fingerprint density at radius 1 is 1.25 bits per heavy atom. The molecule has 0 unspecified atom stereocenters. The van der Waals surface area contributed by atoms with Gasteiger partial charge >= 0.3 is 0 Å². The van der Waals surface area contributed by atoms with Crippen molar-refractivity contribution >= 4 is 23.4 Å². The van der Waals surface area contributed by atoms with Crippen LogP contribution in [-0.2, 0) is 16.1 Å². The van der Waals surface area contributed by atoms with Gasteiger partial charge in [0.25, 0.3) is 5.91 Å². The number of aryl methyl sites for hydroxylation is 1. The summed E-state index contributed by atoms with van der Waals surface area (Å²) < 4.78 is 13.0. The molecule has 1 saturated heterocycles. The molecule has 5 rings (SSSR count). The zero-order chi connectivity index (χ0) is 21.9. The highest BCUT2D eigenvalue weighted by Crippen LogP contribution is 2.34. The fourth-order valence-electron chi connectivity index (χ4n) is 3.95. The average molecular weight is 453 g/mol. The molecule has 2 aliphatic heterocycles. The quantitative estimate of drug-likeness (QED) is 0.508. The highest BCUT2D eigenvalue weighted by Gasteiger charge is 2.35. The van der Waals surface area contributed by atoms with Gasteiger partial charge in [-0.1, -0.05) is 41.6 Å². The molecule has 1 fully saturated rings. The molecule has 2 aromatic heterocycles. The van der Waals surface area contributed by atoms with E-state index in [-0.39, 0.29) is 23.8 Å². The van der Waals surface area contributed by atoms with Crippen LogP contribution in [0.25, 0.3) is 0 Å². The highest BCUT2D eigenvalue weighted by atomic mass is 32.2. The van der Waals surface area contributed by atoms with Crippen molar-refractivity contribution in [1.29, 1.82) is 0 Å². The number of aromatic nitrogens is 4. The summed E-state index contributed by atoms with van der Waals surface area (Å²) in [4.78, 5) is 13.2. The number of hydrazone groups is 1. The Kier molecular flexibility index (Phi) is 6.04. The third-order valence-corrected chi connectivity index (χ3v) is 6.59. The van der Waals surface area contributed by atoms with Gasteiger partial charge in [0.2, 0.25) is 5.16 Å². The maximum absolute atomic E-state index is 13.2. The van der Waals surface area contributed by atoms with Crippen molar-refractivity contribution in [3.05, 3.63) is 59.5 Å². The zero-order valence-corrected chi connectivity index (χ0v) is 18.6. The lowest BCUT2D eigenvalue weighted by molar-refractivity contribution is -0.130. The number of furan rings is 1. The van der Waals surface area contributed by atoms with Crippen LogP contribution < -0.4 is 0 Å². The Hall–Kier alpha value is -2.98. The molecule has 2 atom stereocenters. The van der Waals surface area contributed by atoms with Gasteiger partial charge in [-0.15, -0.1) is 5.10 Å². The minimum atomic E-state index is -0.266. The Morgan fingerprint density at radius 3 is 2.88 bits per heavy atom. The summed E-state index contributed by atoms with van der Waals surface area (Å²) >= 11 is 1.31. The maximum atomic E-state index is 13.2. The van der Waals surface area contributed by atoms with Crippen molar-refractivity contribution in [2.45, 2.75) is 50.0 Å². The second kappa shape index (κ2) is 9.25. The van der Waals surface area contributed by atoms with Gasteiger partial charge in [0.15, 0.2) is 0 Å². The van der Waals surface area contributed by atoms with Crippen LogP contribution in [0.1, 0.15) is 42.2 Å². The Morgan fingerprint density at radius 2 is 2.12 bits per heavy atom. The molecule has 1 aromatic carbocycles. The van der Waals surface area contributed by atoms with Crippen LogP contribution in [0, 0.1) is 6.92 Å². The first-order valence-electron chi connectivity index (χ1n) is 10.7. The average Bonchev–Trinajstić information content (AvgIpc) is 3.60. The first-order valence-corrected chi connectivity index (χ1v) is 11.7. The van der Waals surface area contributed by atoms with E-state index in [1.165, 1.54) is 22.3 Å². The van der Waals surface area contributed by atoms with E-state index in [1.54, 1.807) is 10.9 Å². The van der Waals surface area contributed by atoms with Gasteiger partial charge in [-0.05, 0) is 47.9 Å². The van der Waals surface area contributed by atoms with E-state index in [1.807, 2.05) is 43.3 Å². The van der Waals surface area contributed by atoms with Gasteiger partial charge in [-0.3, -0.25) is 4.79 Å². The minimum Gasteiger partial charge on any atom is -0.467 e. The van der Waals surface area contributed by atoms with Gasteiger partial charge in [-0.25, -0.2) is 9.69 Å². The summed E-state index contributed by atoms with van der Waals surface area (Å²) in [5, 5.41) is 18.7. The number of carbonyl (C=O) groups excluding carboxylic acids is 1. The standard InChI is InChI=1S/C22H24N6O3S/c1-15-6-8-16(9-7-15)18-12-19(20-5-3-11-31-20)28(24-18)21(29)14-32-22-23-25-26-27(22)13-17-4-2-10-30-17/h3,5-9,11,17,19H,2,4,10,12-14H2,1H3/t17-,19-/m1/s1. The van der Waals surface area contributed by atoms with Gasteiger partial charge in [0.1, 0.15) is 11.8 Å². The number of rotatable bonds is 7. The number of carbonyl (C=O) groups is 1. The summed E-state index contributed by atoms with van der Waals surface area (Å²) in [5.41, 5.74) is 3.06. The van der Waals surface area contributed by atoms with Crippen molar-refractivity contribution in [1.82, 2.24) is 25.2 Å². The molecule has 0 saturated carbocycles. The van der Waals surface area contributed by atoms with E-state index in [0.717, 1.165) is 36.5 Å². The Bertz CT molecular complexity index is 1090. The summed E-state index contributed by atoms with van der Waals surface area (Å²) in [6, 6.07) is 11.6. The summed E-state index contributed by atoms with van der Waals surface area (Å²) in [7, 11) is 0. The van der Waals surface area contributed by atoms with Crippen LogP contribution in [0.15, 0.2) is 57.3 Å². The molecule has 0 spiro atoms. The maximum Gasteiger partial charge on any atom is 0.253 e. The number of benzene rings is 1. The highest BCUT2D eigenvalue weighted by molar-refractivity contribution is 7.99. The van der Waals surface area contributed by atoms with Crippen LogP contribution in [0.3, 0.4) is 0 Å². The van der Waals surface area contributed by atoms with Crippen LogP contribution in [0.2, 0.25) is 0 Å². The fourth-order valence-corrected chi connectivity index (χ4v) is 4.69. The van der Waals surface area contributed by atoms with Crippen molar-refractivity contribution in [3.8, 4) is 0 Å². The van der Waals surface area contributed by atoms with Gasteiger partial charge in [0.05, 0.1) is 30.4 Å². The predicted molar refractivity (Wildman–Crippen MR) is 118 cm³/mol. The number of ether oxygens (including phenoxy) is 1. The third-order valence-electron chi connectivity index (χ3n) is 5.65. The molecular weight excluding hydrogens is 428 g/mol. The van der Waals surface area contributed by atoms with E-state index in [2.05, 4.69) is 20.6 Å². The van der Waals surface area contributed by atoms with Crippen LogP contribution in [-0.4, -0.2) is 55.3 Å². The number of thioether (sulfide) groups is 1. The van der Waals surface area contributed by atoms with E-state index in [4.69, 9.17) is 9.15 Å². The first kappa shape index (κ1) is 20.9. The molecule has 0 radical (unpaired) electrons. The normalized spacial score (nSPS) is 20.7. The van der Waals surface area contributed by atoms with E-state index < -0.39 is 0 Å². The molecule has 1 amide bonds. The fraction of sp³-hybridized carbons (Fsp3) is 0.409. The van der Waals surface area contributed by atoms with E-state index >= 15 is 0 Å². The van der Waals surface area contributed by atoms with Gasteiger partial charge in [-0.2, -0.15) is 5.10 Å². The van der Waals surface area contributed by atoms with E-state index in [0.29, 0.717) is 18.1 Å². The Labute approximate surface area is 189 Å². The zero-order valence-electron chi connectivity index (χ0n) is 17.8. The molecule has 32 heavy (non-hydrogen) atoms. The number of amides is 1. The smallest absolute Gasteiger partial charge is 0.253 e. The second-order valence-electron chi connectivity index (χ2n) is 7.95. The monoisotopic (exact) mass is 452 g/mol. The van der Waals surface area contributed by atoms with Crippen LogP contribution in [0.5, 0.6) is 0 Å². The molecule has 9 nitrogen and oxygen atoms in total. The molecule has 3 aromatic rings. The number of hydrogen-bond acceptors (Lipinski definition) is 8. The largest absolute Gasteiger partial charge is 0.467 e. The molecular formula is C22H24N6O3S. The van der Waals surface area contributed by atoms with E-state index in [9.17, 15) is 4.79 Å². The van der Waals surface area contributed by atoms with Gasteiger partial charge < -0.3 is 9.15 Å². The summed E-state index contributed by atoms with van der Waals surface area (Å²) in [6.07, 6.45) is 4.40. The Balaban J connectivity index is 1.30. The van der Waals surface area contributed by atoms with Crippen LogP contribution >= 0.6 is 11.8 Å². The molecule has 0 N–H and O–H groups in total. The summed E-state index contributed by atoms with van der Waals surface area (Å²) in [5.74, 6) is 0.774. The topological polar surface area (TPSA) is 98.6 Å². The molecule has 0 bridgehead atoms.